The Morgan fingerprint density at radius 1 is 0.971 bits per heavy atom. The number of para-hydroxylation sites is 1. The van der Waals surface area contributed by atoms with Gasteiger partial charge < -0.3 is 10.1 Å². The number of anilines is 2. The first kappa shape index (κ1) is 24.9. The van der Waals surface area contributed by atoms with E-state index in [0.29, 0.717) is 31.7 Å². The molecule has 0 aliphatic carbocycles. The van der Waals surface area contributed by atoms with Gasteiger partial charge >= 0.3 is 6.03 Å². The number of urea groups is 1. The molecule has 0 radical (unpaired) electrons. The third-order valence-electron chi connectivity index (χ3n) is 7.04. The van der Waals surface area contributed by atoms with Crippen molar-refractivity contribution >= 4 is 29.2 Å². The average molecular weight is 478 g/mol. The van der Waals surface area contributed by atoms with E-state index in [2.05, 4.69) is 33.0 Å². The number of nitrogens with one attached hydrogen (secondary N) is 1. The molecule has 35 heavy (non-hydrogen) atoms. The van der Waals surface area contributed by atoms with Gasteiger partial charge in [0.05, 0.1) is 0 Å². The molecule has 2 heterocycles. The Morgan fingerprint density at radius 2 is 1.54 bits per heavy atom. The van der Waals surface area contributed by atoms with E-state index in [1.807, 2.05) is 49.4 Å². The van der Waals surface area contributed by atoms with E-state index in [-0.39, 0.29) is 30.2 Å². The molecule has 0 saturated carbocycles. The number of hydrogen-bond donors (Lipinski definition) is 1. The number of hydrogen-bond acceptors (Lipinski definition) is 4. The van der Waals surface area contributed by atoms with Gasteiger partial charge in [-0.25, -0.2) is 4.79 Å². The third kappa shape index (κ3) is 4.57. The number of nitrogens with zero attached hydrogens (tertiary/aromatic N) is 2. The number of benzene rings is 2. The van der Waals surface area contributed by atoms with E-state index in [0.717, 1.165) is 27.3 Å². The van der Waals surface area contributed by atoms with Crippen molar-refractivity contribution in [2.75, 3.05) is 30.0 Å². The van der Waals surface area contributed by atoms with E-state index in [9.17, 15) is 14.4 Å². The lowest BCUT2D eigenvalue weighted by atomic mass is 9.88. The van der Waals surface area contributed by atoms with Crippen molar-refractivity contribution in [3.8, 4) is 0 Å². The topological polar surface area (TPSA) is 79.0 Å². The molecule has 2 aliphatic heterocycles. The van der Waals surface area contributed by atoms with Crippen molar-refractivity contribution in [1.29, 1.82) is 0 Å². The van der Waals surface area contributed by atoms with Crippen LogP contribution in [0.2, 0.25) is 0 Å². The molecule has 4 amide bonds. The fourth-order valence-electron chi connectivity index (χ4n) is 5.09. The van der Waals surface area contributed by atoms with Crippen LogP contribution >= 0.6 is 0 Å². The maximum atomic E-state index is 13.7. The molecular formula is C28H35N3O4. The molecule has 1 spiro atoms. The highest BCUT2D eigenvalue weighted by atomic mass is 16.5. The normalized spacial score (nSPS) is 17.7. The number of aryl methyl sites for hydroxylation is 1. The van der Waals surface area contributed by atoms with E-state index in [1.165, 1.54) is 0 Å². The summed E-state index contributed by atoms with van der Waals surface area (Å²) in [6.07, 6.45) is 0.800. The quantitative estimate of drug-likeness (QED) is 0.580. The standard InChI is InChI=1S/C28H35N3O4/c1-18(2)22-7-6-8-23(19(3)4)25(22)29-24(32)17-30-26(33)28(13-15-35-16-14-28)31(27(30)34)21-11-9-20(5)10-12-21/h6-12,18-19H,13-17H2,1-5H3,(H,29,32). The lowest BCUT2D eigenvalue weighted by Gasteiger charge is -2.38. The summed E-state index contributed by atoms with van der Waals surface area (Å²) >= 11 is 0. The molecule has 4 rings (SSSR count). The monoisotopic (exact) mass is 477 g/mol. The summed E-state index contributed by atoms with van der Waals surface area (Å²) in [6, 6.07) is 13.1. The Morgan fingerprint density at radius 3 is 2.09 bits per heavy atom. The zero-order valence-corrected chi connectivity index (χ0v) is 21.3. The van der Waals surface area contributed by atoms with Crippen LogP contribution in [0.25, 0.3) is 0 Å². The minimum Gasteiger partial charge on any atom is -0.381 e. The highest BCUT2D eigenvalue weighted by Crippen LogP contribution is 2.40. The molecule has 2 aromatic carbocycles. The van der Waals surface area contributed by atoms with Crippen LogP contribution in [0.1, 0.15) is 69.1 Å². The van der Waals surface area contributed by atoms with Gasteiger partial charge in [-0.15, -0.1) is 0 Å². The molecule has 2 saturated heterocycles. The Bertz CT molecular complexity index is 1090. The first-order chi connectivity index (χ1) is 16.7. The van der Waals surface area contributed by atoms with Crippen molar-refractivity contribution < 1.29 is 19.1 Å². The van der Waals surface area contributed by atoms with E-state index < -0.39 is 11.6 Å². The molecule has 0 unspecified atom stereocenters. The summed E-state index contributed by atoms with van der Waals surface area (Å²) < 4.78 is 5.52. The largest absolute Gasteiger partial charge is 0.381 e. The molecule has 7 heteroatoms. The van der Waals surface area contributed by atoms with Crippen LogP contribution < -0.4 is 10.2 Å². The van der Waals surface area contributed by atoms with Crippen molar-refractivity contribution in [2.45, 2.75) is 64.8 Å². The van der Waals surface area contributed by atoms with Gasteiger partial charge in [-0.1, -0.05) is 63.6 Å². The van der Waals surface area contributed by atoms with Crippen LogP contribution in [0.3, 0.4) is 0 Å². The first-order valence-electron chi connectivity index (χ1n) is 12.4. The maximum Gasteiger partial charge on any atom is 0.332 e. The summed E-state index contributed by atoms with van der Waals surface area (Å²) in [5, 5.41) is 3.03. The number of amides is 4. The minimum absolute atomic E-state index is 0.210. The molecule has 186 valence electrons. The predicted molar refractivity (Wildman–Crippen MR) is 137 cm³/mol. The number of carbonyl (C=O) groups excluding carboxylic acids is 3. The number of ether oxygens (including phenoxy) is 1. The molecule has 1 N–H and O–H groups in total. The van der Waals surface area contributed by atoms with Gasteiger partial charge in [-0.05, 0) is 42.0 Å². The van der Waals surface area contributed by atoms with Crippen molar-refractivity contribution in [2.24, 2.45) is 0 Å². The van der Waals surface area contributed by atoms with Crippen LogP contribution in [-0.4, -0.2) is 48.0 Å². The van der Waals surface area contributed by atoms with Gasteiger partial charge in [0, 0.05) is 37.4 Å². The van der Waals surface area contributed by atoms with Gasteiger partial charge in [-0.2, -0.15) is 0 Å². The molecule has 2 aliphatic rings. The summed E-state index contributed by atoms with van der Waals surface area (Å²) in [7, 11) is 0. The predicted octanol–water partition coefficient (Wildman–Crippen LogP) is 5.20. The second-order valence-corrected chi connectivity index (χ2v) is 10.2. The second kappa shape index (κ2) is 9.82. The van der Waals surface area contributed by atoms with Crippen LogP contribution in [-0.2, 0) is 14.3 Å². The smallest absolute Gasteiger partial charge is 0.332 e. The average Bonchev–Trinajstić information content (AvgIpc) is 3.01. The summed E-state index contributed by atoms with van der Waals surface area (Å²) in [5.74, 6) is -0.291. The van der Waals surface area contributed by atoms with Gasteiger partial charge in [-0.3, -0.25) is 19.4 Å². The fraction of sp³-hybridized carbons (Fsp3) is 0.464. The summed E-state index contributed by atoms with van der Waals surface area (Å²) in [6.45, 7) is 10.7. The number of rotatable bonds is 6. The maximum absolute atomic E-state index is 13.7. The van der Waals surface area contributed by atoms with Crippen molar-refractivity contribution in [3.05, 3.63) is 59.2 Å². The SMILES string of the molecule is Cc1ccc(N2C(=O)N(CC(=O)Nc3c(C(C)C)cccc3C(C)C)C(=O)C23CCOCC3)cc1. The molecular weight excluding hydrogens is 442 g/mol. The van der Waals surface area contributed by atoms with Crippen LogP contribution in [0.4, 0.5) is 16.2 Å². The Balaban J connectivity index is 1.64. The lowest BCUT2D eigenvalue weighted by Crippen LogP contribution is -2.53. The zero-order valence-electron chi connectivity index (χ0n) is 21.3. The molecule has 2 aromatic rings. The molecule has 0 atom stereocenters. The molecule has 2 fully saturated rings. The van der Waals surface area contributed by atoms with Crippen LogP contribution in [0.5, 0.6) is 0 Å². The first-order valence-corrected chi connectivity index (χ1v) is 12.4. The van der Waals surface area contributed by atoms with Gasteiger partial charge in [0.1, 0.15) is 12.1 Å². The fourth-order valence-corrected chi connectivity index (χ4v) is 5.09. The Hall–Kier alpha value is -3.19. The van der Waals surface area contributed by atoms with Crippen LogP contribution in [0.15, 0.2) is 42.5 Å². The Kier molecular flexibility index (Phi) is 6.99. The highest BCUT2D eigenvalue weighted by Gasteiger charge is 2.58. The summed E-state index contributed by atoms with van der Waals surface area (Å²) in [5.41, 5.74) is 3.54. The third-order valence-corrected chi connectivity index (χ3v) is 7.04. The van der Waals surface area contributed by atoms with E-state index >= 15 is 0 Å². The number of carbonyl (C=O) groups is 3. The minimum atomic E-state index is -1.02. The highest BCUT2D eigenvalue weighted by molar-refractivity contribution is 6.18. The second-order valence-electron chi connectivity index (χ2n) is 10.2. The van der Waals surface area contributed by atoms with Gasteiger partial charge in [0.25, 0.3) is 5.91 Å². The Labute approximate surface area is 207 Å². The van der Waals surface area contributed by atoms with Crippen LogP contribution in [0, 0.1) is 6.92 Å². The lowest BCUT2D eigenvalue weighted by molar-refractivity contribution is -0.136. The van der Waals surface area contributed by atoms with Gasteiger partial charge in [0.2, 0.25) is 5.91 Å². The zero-order chi connectivity index (χ0) is 25.3. The van der Waals surface area contributed by atoms with Crippen molar-refractivity contribution in [3.63, 3.8) is 0 Å². The van der Waals surface area contributed by atoms with E-state index in [1.54, 1.807) is 4.90 Å². The van der Waals surface area contributed by atoms with Crippen molar-refractivity contribution in [1.82, 2.24) is 4.90 Å². The number of imide groups is 1. The molecule has 7 nitrogen and oxygen atoms in total. The summed E-state index contributed by atoms with van der Waals surface area (Å²) in [4.78, 5) is 43.3. The molecule has 0 bridgehead atoms. The molecule has 0 aromatic heterocycles. The van der Waals surface area contributed by atoms with E-state index in [4.69, 9.17) is 4.74 Å². The van der Waals surface area contributed by atoms with Gasteiger partial charge in [0.15, 0.2) is 0 Å².